The van der Waals surface area contributed by atoms with Gasteiger partial charge in [0.2, 0.25) is 5.89 Å². The Labute approximate surface area is 115 Å². The van der Waals surface area contributed by atoms with E-state index < -0.39 is 0 Å². The lowest BCUT2D eigenvalue weighted by atomic mass is 9.96. The predicted molar refractivity (Wildman–Crippen MR) is 76.1 cm³/mol. The fourth-order valence-electron chi connectivity index (χ4n) is 2.73. The van der Waals surface area contributed by atoms with E-state index in [1.54, 1.807) is 0 Å². The van der Waals surface area contributed by atoms with Crippen LogP contribution in [-0.4, -0.2) is 29.8 Å². The van der Waals surface area contributed by atoms with Gasteiger partial charge in [0, 0.05) is 13.1 Å². The van der Waals surface area contributed by atoms with Gasteiger partial charge in [-0.1, -0.05) is 31.8 Å². The number of nitrogens with one attached hydrogen (secondary N) is 1. The van der Waals surface area contributed by atoms with Crippen molar-refractivity contribution in [2.45, 2.75) is 52.5 Å². The lowest BCUT2D eigenvalue weighted by molar-refractivity contribution is 0.433. The average molecular weight is 266 g/mol. The van der Waals surface area contributed by atoms with E-state index in [-0.39, 0.29) is 0 Å². The quantitative estimate of drug-likeness (QED) is 0.857. The molecule has 1 saturated heterocycles. The Bertz CT molecular complexity index is 366. The maximum atomic E-state index is 5.72. The molecule has 2 heterocycles. The number of rotatable bonds is 6. The SMILES string of the molecule is CCCC1CCCN(c2nnc(CNCC)o2)CC1. The van der Waals surface area contributed by atoms with Crippen LogP contribution in [0.2, 0.25) is 0 Å². The first kappa shape index (κ1) is 14.3. The molecular formula is C14H26N4O. The first-order valence-corrected chi connectivity index (χ1v) is 7.61. The molecule has 2 rings (SSSR count). The summed E-state index contributed by atoms with van der Waals surface area (Å²) in [5, 5.41) is 11.5. The van der Waals surface area contributed by atoms with E-state index in [1.165, 1.54) is 32.1 Å². The standard InChI is InChI=1S/C14H26N4O/c1-3-6-12-7-5-9-18(10-8-12)14-17-16-13(19-14)11-15-4-2/h12,15H,3-11H2,1-2H3. The minimum absolute atomic E-state index is 0.662. The van der Waals surface area contributed by atoms with Crippen molar-refractivity contribution in [3.63, 3.8) is 0 Å². The lowest BCUT2D eigenvalue weighted by Crippen LogP contribution is -2.24. The van der Waals surface area contributed by atoms with Crippen LogP contribution in [0.1, 0.15) is 51.8 Å². The van der Waals surface area contributed by atoms with E-state index in [0.717, 1.165) is 25.6 Å². The van der Waals surface area contributed by atoms with E-state index >= 15 is 0 Å². The first-order chi connectivity index (χ1) is 9.33. The van der Waals surface area contributed by atoms with E-state index in [2.05, 4.69) is 34.3 Å². The van der Waals surface area contributed by atoms with E-state index in [4.69, 9.17) is 4.42 Å². The molecule has 19 heavy (non-hydrogen) atoms. The second-order valence-electron chi connectivity index (χ2n) is 5.33. The highest BCUT2D eigenvalue weighted by Gasteiger charge is 2.20. The van der Waals surface area contributed by atoms with Crippen molar-refractivity contribution in [3.8, 4) is 0 Å². The maximum Gasteiger partial charge on any atom is 0.318 e. The van der Waals surface area contributed by atoms with Gasteiger partial charge in [0.05, 0.1) is 6.54 Å². The average Bonchev–Trinajstić information content (AvgIpc) is 2.77. The van der Waals surface area contributed by atoms with Gasteiger partial charge in [0.25, 0.3) is 0 Å². The van der Waals surface area contributed by atoms with Crippen LogP contribution >= 0.6 is 0 Å². The maximum absolute atomic E-state index is 5.72. The molecule has 0 radical (unpaired) electrons. The minimum atomic E-state index is 0.662. The van der Waals surface area contributed by atoms with E-state index in [9.17, 15) is 0 Å². The Morgan fingerprint density at radius 1 is 1.26 bits per heavy atom. The highest BCUT2D eigenvalue weighted by atomic mass is 16.4. The van der Waals surface area contributed by atoms with Gasteiger partial charge in [-0.05, 0) is 31.7 Å². The van der Waals surface area contributed by atoms with Gasteiger partial charge < -0.3 is 14.6 Å². The van der Waals surface area contributed by atoms with Gasteiger partial charge in [-0.25, -0.2) is 0 Å². The molecule has 1 fully saturated rings. The van der Waals surface area contributed by atoms with Crippen LogP contribution in [0, 0.1) is 5.92 Å². The van der Waals surface area contributed by atoms with Gasteiger partial charge in [-0.3, -0.25) is 0 Å². The molecule has 1 unspecified atom stereocenters. The summed E-state index contributed by atoms with van der Waals surface area (Å²) in [6.07, 6.45) is 6.46. The van der Waals surface area contributed by atoms with Gasteiger partial charge >= 0.3 is 6.01 Å². The molecule has 0 bridgehead atoms. The number of hydrogen-bond acceptors (Lipinski definition) is 5. The molecule has 1 N–H and O–H groups in total. The smallest absolute Gasteiger partial charge is 0.318 e. The molecule has 1 aliphatic rings. The van der Waals surface area contributed by atoms with Crippen molar-refractivity contribution in [1.82, 2.24) is 15.5 Å². The molecule has 1 aromatic rings. The summed E-state index contributed by atoms with van der Waals surface area (Å²) in [5.41, 5.74) is 0. The number of aromatic nitrogens is 2. The van der Waals surface area contributed by atoms with E-state index in [1.807, 2.05) is 0 Å². The Morgan fingerprint density at radius 3 is 2.95 bits per heavy atom. The molecule has 0 saturated carbocycles. The third kappa shape index (κ3) is 4.20. The lowest BCUT2D eigenvalue weighted by Gasteiger charge is -2.17. The van der Waals surface area contributed by atoms with Crippen molar-refractivity contribution in [2.75, 3.05) is 24.5 Å². The van der Waals surface area contributed by atoms with E-state index in [0.29, 0.717) is 18.5 Å². The van der Waals surface area contributed by atoms with Crippen LogP contribution in [0.5, 0.6) is 0 Å². The third-order valence-corrected chi connectivity index (χ3v) is 3.80. The van der Waals surface area contributed by atoms with Crippen LogP contribution in [-0.2, 0) is 6.54 Å². The van der Waals surface area contributed by atoms with Crippen LogP contribution in [0.3, 0.4) is 0 Å². The summed E-state index contributed by atoms with van der Waals surface area (Å²) in [4.78, 5) is 2.25. The molecule has 0 aromatic carbocycles. The molecule has 1 aliphatic heterocycles. The molecule has 0 spiro atoms. The summed E-state index contributed by atoms with van der Waals surface area (Å²) >= 11 is 0. The molecule has 1 aromatic heterocycles. The highest BCUT2D eigenvalue weighted by molar-refractivity contribution is 5.24. The molecular weight excluding hydrogens is 240 g/mol. The van der Waals surface area contributed by atoms with Crippen molar-refractivity contribution in [1.29, 1.82) is 0 Å². The zero-order valence-corrected chi connectivity index (χ0v) is 12.2. The fraction of sp³-hybridized carbons (Fsp3) is 0.857. The van der Waals surface area contributed by atoms with Crippen molar-refractivity contribution in [2.24, 2.45) is 5.92 Å². The Balaban J connectivity index is 1.88. The minimum Gasteiger partial charge on any atom is -0.407 e. The summed E-state index contributed by atoms with van der Waals surface area (Å²) in [6, 6.07) is 0.699. The second-order valence-corrected chi connectivity index (χ2v) is 5.33. The highest BCUT2D eigenvalue weighted by Crippen LogP contribution is 2.24. The molecule has 108 valence electrons. The van der Waals surface area contributed by atoms with Crippen LogP contribution in [0.4, 0.5) is 6.01 Å². The largest absolute Gasteiger partial charge is 0.407 e. The summed E-state index contributed by atoms with van der Waals surface area (Å²) < 4.78 is 5.72. The summed E-state index contributed by atoms with van der Waals surface area (Å²) in [6.45, 7) is 8.01. The normalized spacial score (nSPS) is 20.5. The Kier molecular flexibility index (Phi) is 5.63. The number of nitrogens with zero attached hydrogens (tertiary/aromatic N) is 3. The van der Waals surface area contributed by atoms with Gasteiger partial charge in [-0.2, -0.15) is 0 Å². The van der Waals surface area contributed by atoms with Crippen molar-refractivity contribution in [3.05, 3.63) is 5.89 Å². The Morgan fingerprint density at radius 2 is 2.16 bits per heavy atom. The Hall–Kier alpha value is -1.10. The molecule has 0 amide bonds. The summed E-state index contributed by atoms with van der Waals surface area (Å²) in [5.74, 6) is 1.56. The monoisotopic (exact) mass is 266 g/mol. The topological polar surface area (TPSA) is 54.2 Å². The summed E-state index contributed by atoms with van der Waals surface area (Å²) in [7, 11) is 0. The molecule has 5 heteroatoms. The second kappa shape index (κ2) is 7.48. The van der Waals surface area contributed by atoms with Crippen LogP contribution in [0.25, 0.3) is 0 Å². The molecule has 1 atom stereocenters. The van der Waals surface area contributed by atoms with Crippen molar-refractivity contribution < 1.29 is 4.42 Å². The predicted octanol–water partition coefficient (Wildman–Crippen LogP) is 2.59. The molecule has 0 aliphatic carbocycles. The fourth-order valence-corrected chi connectivity index (χ4v) is 2.73. The first-order valence-electron chi connectivity index (χ1n) is 7.61. The van der Waals surface area contributed by atoms with Gasteiger partial charge in [-0.15, -0.1) is 5.10 Å². The van der Waals surface area contributed by atoms with Crippen LogP contribution < -0.4 is 10.2 Å². The van der Waals surface area contributed by atoms with Gasteiger partial charge in [0.15, 0.2) is 0 Å². The van der Waals surface area contributed by atoms with Gasteiger partial charge in [0.1, 0.15) is 0 Å². The molecule has 5 nitrogen and oxygen atoms in total. The third-order valence-electron chi connectivity index (χ3n) is 3.80. The van der Waals surface area contributed by atoms with Crippen LogP contribution in [0.15, 0.2) is 4.42 Å². The van der Waals surface area contributed by atoms with Crippen molar-refractivity contribution >= 4 is 6.01 Å². The zero-order valence-electron chi connectivity index (χ0n) is 12.2. The zero-order chi connectivity index (χ0) is 13.5. The number of hydrogen-bond donors (Lipinski definition) is 1. The number of anilines is 1.